The molecule has 3 rings (SSSR count). The third-order valence-corrected chi connectivity index (χ3v) is 4.43. The summed E-state index contributed by atoms with van der Waals surface area (Å²) in [6.07, 6.45) is -0.0598. The number of benzene rings is 1. The number of carbonyl (C=O) groups is 1. The largest absolute Gasteiger partial charge is 0.573 e. The van der Waals surface area contributed by atoms with Crippen molar-refractivity contribution in [2.45, 2.75) is 25.6 Å². The second-order valence-electron chi connectivity index (χ2n) is 6.97. The fourth-order valence-corrected chi connectivity index (χ4v) is 3.10. The number of ether oxygens (including phenoxy) is 1. The Balaban J connectivity index is 1.75. The summed E-state index contributed by atoms with van der Waals surface area (Å²) >= 11 is 0. The number of carbonyl (C=O) groups excluding carboxylic acids is 1. The van der Waals surface area contributed by atoms with Crippen molar-refractivity contribution in [3.05, 3.63) is 30.5 Å². The molecule has 2 N–H and O–H groups in total. The summed E-state index contributed by atoms with van der Waals surface area (Å²) in [4.78, 5) is 25.1. The van der Waals surface area contributed by atoms with Crippen molar-refractivity contribution in [2.24, 2.45) is 0 Å². The van der Waals surface area contributed by atoms with Gasteiger partial charge in [0.25, 0.3) is 0 Å². The van der Waals surface area contributed by atoms with Gasteiger partial charge in [-0.2, -0.15) is 4.98 Å². The van der Waals surface area contributed by atoms with Crippen molar-refractivity contribution in [1.82, 2.24) is 9.97 Å². The molecule has 0 atom stereocenters. The van der Waals surface area contributed by atoms with Gasteiger partial charge in [0.15, 0.2) is 11.6 Å². The molecule has 1 aromatic heterocycles. The van der Waals surface area contributed by atoms with Crippen LogP contribution >= 0.6 is 0 Å². The van der Waals surface area contributed by atoms with Gasteiger partial charge in [0, 0.05) is 27.2 Å². The van der Waals surface area contributed by atoms with E-state index in [1.807, 2.05) is 0 Å². The highest BCUT2D eigenvalue weighted by Crippen LogP contribution is 2.30. The Morgan fingerprint density at radius 1 is 1.10 bits per heavy atom. The van der Waals surface area contributed by atoms with Gasteiger partial charge in [-0.1, -0.05) is 12.1 Å². The molecule has 0 bridgehead atoms. The average molecular weight is 424 g/mol. The zero-order valence-electron chi connectivity index (χ0n) is 16.7. The highest BCUT2D eigenvalue weighted by Gasteiger charge is 2.32. The molecule has 162 valence electrons. The minimum absolute atomic E-state index is 0.121. The highest BCUT2D eigenvalue weighted by atomic mass is 19.4. The molecule has 0 saturated carbocycles. The van der Waals surface area contributed by atoms with Crippen molar-refractivity contribution in [3.8, 4) is 5.75 Å². The SMILES string of the molecule is CN(C)c1nc(N2CCCCC2)ncc1NC(=O)Nc1ccccc1OC(F)(F)F. The summed E-state index contributed by atoms with van der Waals surface area (Å²) in [5, 5.41) is 4.95. The van der Waals surface area contributed by atoms with Gasteiger partial charge >= 0.3 is 12.4 Å². The predicted molar refractivity (Wildman–Crippen MR) is 108 cm³/mol. The number of piperidine rings is 1. The molecule has 1 fully saturated rings. The molecule has 8 nitrogen and oxygen atoms in total. The maximum atomic E-state index is 12.6. The smallest absolute Gasteiger partial charge is 0.404 e. The van der Waals surface area contributed by atoms with Crippen LogP contribution in [0.5, 0.6) is 5.75 Å². The summed E-state index contributed by atoms with van der Waals surface area (Å²) in [5.41, 5.74) is 0.206. The highest BCUT2D eigenvalue weighted by molar-refractivity contribution is 6.02. The first kappa shape index (κ1) is 21.5. The van der Waals surface area contributed by atoms with E-state index >= 15 is 0 Å². The van der Waals surface area contributed by atoms with E-state index in [1.54, 1.807) is 19.0 Å². The second-order valence-corrected chi connectivity index (χ2v) is 6.97. The number of hydrogen-bond acceptors (Lipinski definition) is 6. The van der Waals surface area contributed by atoms with Crippen LogP contribution in [0.25, 0.3) is 0 Å². The Kier molecular flexibility index (Phi) is 6.48. The average Bonchev–Trinajstić information content (AvgIpc) is 2.69. The van der Waals surface area contributed by atoms with Gasteiger partial charge in [-0.15, -0.1) is 13.2 Å². The van der Waals surface area contributed by atoms with Crippen LogP contribution in [0.2, 0.25) is 0 Å². The number of para-hydroxylation sites is 2. The maximum absolute atomic E-state index is 12.6. The molecule has 0 unspecified atom stereocenters. The maximum Gasteiger partial charge on any atom is 0.573 e. The van der Waals surface area contributed by atoms with Crippen molar-refractivity contribution in [1.29, 1.82) is 0 Å². The summed E-state index contributed by atoms with van der Waals surface area (Å²) in [6.45, 7) is 1.74. The number of anilines is 4. The molecule has 1 aliphatic rings. The lowest BCUT2D eigenvalue weighted by Crippen LogP contribution is -2.31. The Labute approximate surface area is 172 Å². The van der Waals surface area contributed by atoms with Gasteiger partial charge in [-0.3, -0.25) is 0 Å². The van der Waals surface area contributed by atoms with Crippen molar-refractivity contribution >= 4 is 29.2 Å². The molecular weight excluding hydrogens is 401 g/mol. The van der Waals surface area contributed by atoms with E-state index in [4.69, 9.17) is 0 Å². The van der Waals surface area contributed by atoms with Crippen LogP contribution in [0, 0.1) is 0 Å². The summed E-state index contributed by atoms with van der Waals surface area (Å²) in [5.74, 6) is 0.554. The second kappa shape index (κ2) is 9.06. The van der Waals surface area contributed by atoms with Gasteiger partial charge < -0.3 is 25.2 Å². The first-order chi connectivity index (χ1) is 14.2. The fourth-order valence-electron chi connectivity index (χ4n) is 3.10. The standard InChI is InChI=1S/C19H23F3N6O2/c1-27(2)16-14(12-23-17(26-16)28-10-6-3-7-11-28)25-18(29)24-13-8-4-5-9-15(13)30-19(20,21)22/h4-5,8-9,12H,3,6-7,10-11H2,1-2H3,(H2,24,25,29). The van der Waals surface area contributed by atoms with Gasteiger partial charge in [-0.25, -0.2) is 9.78 Å². The third-order valence-electron chi connectivity index (χ3n) is 4.43. The monoisotopic (exact) mass is 424 g/mol. The van der Waals surface area contributed by atoms with Crippen LogP contribution in [0.15, 0.2) is 30.5 Å². The molecule has 2 aromatic rings. The minimum atomic E-state index is -4.87. The van der Waals surface area contributed by atoms with Gasteiger partial charge in [0.1, 0.15) is 5.69 Å². The van der Waals surface area contributed by atoms with E-state index in [-0.39, 0.29) is 5.69 Å². The van der Waals surface area contributed by atoms with E-state index < -0.39 is 18.1 Å². The molecule has 2 heterocycles. The topological polar surface area (TPSA) is 82.6 Å². The number of halogens is 3. The van der Waals surface area contributed by atoms with Crippen LogP contribution in [0.4, 0.5) is 41.1 Å². The lowest BCUT2D eigenvalue weighted by Gasteiger charge is -2.28. The van der Waals surface area contributed by atoms with Gasteiger partial charge in [0.2, 0.25) is 5.95 Å². The first-order valence-electron chi connectivity index (χ1n) is 9.45. The summed E-state index contributed by atoms with van der Waals surface area (Å²) in [6, 6.07) is 4.54. The number of nitrogens with zero attached hydrogens (tertiary/aromatic N) is 4. The minimum Gasteiger partial charge on any atom is -0.404 e. The number of hydrogen-bond donors (Lipinski definition) is 2. The Morgan fingerprint density at radius 2 is 1.77 bits per heavy atom. The number of urea groups is 1. The molecule has 11 heteroatoms. The number of aromatic nitrogens is 2. The molecular formula is C19H23F3N6O2. The number of alkyl halides is 3. The van der Waals surface area contributed by atoms with E-state index in [2.05, 4.69) is 30.2 Å². The molecule has 1 aromatic carbocycles. The van der Waals surface area contributed by atoms with Crippen LogP contribution in [0.1, 0.15) is 19.3 Å². The lowest BCUT2D eigenvalue weighted by molar-refractivity contribution is -0.274. The summed E-state index contributed by atoms with van der Waals surface area (Å²) in [7, 11) is 3.55. The Morgan fingerprint density at radius 3 is 2.43 bits per heavy atom. The molecule has 0 radical (unpaired) electrons. The molecule has 2 amide bonds. The van der Waals surface area contributed by atoms with Crippen LogP contribution in [-0.2, 0) is 0 Å². The normalized spacial score (nSPS) is 14.2. The molecule has 30 heavy (non-hydrogen) atoms. The van der Waals surface area contributed by atoms with Crippen molar-refractivity contribution in [2.75, 3.05) is 47.6 Å². The van der Waals surface area contributed by atoms with E-state index in [0.717, 1.165) is 32.0 Å². The Bertz CT molecular complexity index is 885. The van der Waals surface area contributed by atoms with E-state index in [9.17, 15) is 18.0 Å². The number of rotatable bonds is 5. The van der Waals surface area contributed by atoms with Gasteiger partial charge in [-0.05, 0) is 31.4 Å². The first-order valence-corrected chi connectivity index (χ1v) is 9.45. The third kappa shape index (κ3) is 5.65. The Hall–Kier alpha value is -3.24. The number of nitrogens with one attached hydrogen (secondary N) is 2. The zero-order valence-corrected chi connectivity index (χ0v) is 16.7. The summed E-state index contributed by atoms with van der Waals surface area (Å²) < 4.78 is 41.6. The zero-order chi connectivity index (χ0) is 21.7. The molecule has 0 spiro atoms. The lowest BCUT2D eigenvalue weighted by atomic mass is 10.1. The van der Waals surface area contributed by atoms with Crippen LogP contribution in [-0.4, -0.2) is 49.5 Å². The molecule has 1 aliphatic heterocycles. The van der Waals surface area contributed by atoms with Crippen molar-refractivity contribution < 1.29 is 22.7 Å². The quantitative estimate of drug-likeness (QED) is 0.753. The molecule has 1 saturated heterocycles. The van der Waals surface area contributed by atoms with Gasteiger partial charge in [0.05, 0.1) is 11.9 Å². The predicted octanol–water partition coefficient (Wildman–Crippen LogP) is 4.08. The van der Waals surface area contributed by atoms with E-state index in [0.29, 0.717) is 17.5 Å². The van der Waals surface area contributed by atoms with E-state index in [1.165, 1.54) is 30.8 Å². The van der Waals surface area contributed by atoms with Crippen LogP contribution < -0.4 is 25.2 Å². The number of amides is 2. The molecule has 0 aliphatic carbocycles. The van der Waals surface area contributed by atoms with Crippen LogP contribution in [0.3, 0.4) is 0 Å². The van der Waals surface area contributed by atoms with Crippen molar-refractivity contribution in [3.63, 3.8) is 0 Å². The fraction of sp³-hybridized carbons (Fsp3) is 0.421.